The molecule has 0 bridgehead atoms. The second kappa shape index (κ2) is 6.79. The third-order valence-electron chi connectivity index (χ3n) is 2.48. The van der Waals surface area contributed by atoms with E-state index in [4.69, 9.17) is 4.74 Å². The molecule has 0 spiro atoms. The standard InChI is InChI=1S/C14H20N2O2/c1-10(2)8-15-16-14(17)9-18-13-7-5-6-11(3)12(13)4/h5-8,10H,9H2,1-4H3,(H,16,17)/b15-8+. The van der Waals surface area contributed by atoms with Gasteiger partial charge in [-0.05, 0) is 37.0 Å². The molecular formula is C14H20N2O2. The van der Waals surface area contributed by atoms with Crippen molar-refractivity contribution in [3.63, 3.8) is 0 Å². The fourth-order valence-corrected chi connectivity index (χ4v) is 1.31. The second-order valence-electron chi connectivity index (χ2n) is 4.54. The molecule has 0 fully saturated rings. The van der Waals surface area contributed by atoms with Crippen LogP contribution in [0.3, 0.4) is 0 Å². The number of hydrogen-bond donors (Lipinski definition) is 1. The smallest absolute Gasteiger partial charge is 0.277 e. The van der Waals surface area contributed by atoms with Crippen molar-refractivity contribution in [1.82, 2.24) is 5.43 Å². The van der Waals surface area contributed by atoms with E-state index < -0.39 is 0 Å². The van der Waals surface area contributed by atoms with E-state index in [9.17, 15) is 4.79 Å². The largest absolute Gasteiger partial charge is 0.483 e. The topological polar surface area (TPSA) is 50.7 Å². The molecule has 0 aliphatic heterocycles. The third-order valence-corrected chi connectivity index (χ3v) is 2.48. The minimum absolute atomic E-state index is 0.0280. The van der Waals surface area contributed by atoms with E-state index in [1.54, 1.807) is 6.21 Å². The van der Waals surface area contributed by atoms with Crippen molar-refractivity contribution < 1.29 is 9.53 Å². The molecule has 0 atom stereocenters. The van der Waals surface area contributed by atoms with Crippen LogP contribution in [-0.2, 0) is 4.79 Å². The van der Waals surface area contributed by atoms with Gasteiger partial charge in [0.25, 0.3) is 5.91 Å². The van der Waals surface area contributed by atoms with Gasteiger partial charge in [0.1, 0.15) is 5.75 Å². The van der Waals surface area contributed by atoms with Crippen LogP contribution < -0.4 is 10.2 Å². The summed E-state index contributed by atoms with van der Waals surface area (Å²) in [5.74, 6) is 0.788. The Kier molecular flexibility index (Phi) is 5.36. The molecule has 0 unspecified atom stereocenters. The van der Waals surface area contributed by atoms with Gasteiger partial charge in [-0.15, -0.1) is 0 Å². The lowest BCUT2D eigenvalue weighted by Gasteiger charge is -2.09. The van der Waals surface area contributed by atoms with Crippen molar-refractivity contribution in [2.24, 2.45) is 11.0 Å². The number of amides is 1. The highest BCUT2D eigenvalue weighted by Crippen LogP contribution is 2.20. The van der Waals surface area contributed by atoms with Crippen molar-refractivity contribution in [1.29, 1.82) is 0 Å². The van der Waals surface area contributed by atoms with E-state index in [2.05, 4.69) is 10.5 Å². The Morgan fingerprint density at radius 3 is 2.83 bits per heavy atom. The molecule has 1 aromatic rings. The van der Waals surface area contributed by atoms with Gasteiger partial charge in [-0.1, -0.05) is 26.0 Å². The second-order valence-corrected chi connectivity index (χ2v) is 4.54. The normalized spacial score (nSPS) is 10.9. The number of aryl methyl sites for hydroxylation is 1. The maximum atomic E-state index is 11.4. The summed E-state index contributed by atoms with van der Waals surface area (Å²) in [4.78, 5) is 11.4. The van der Waals surface area contributed by atoms with Gasteiger partial charge >= 0.3 is 0 Å². The lowest BCUT2D eigenvalue weighted by atomic mass is 10.1. The van der Waals surface area contributed by atoms with Crippen LogP contribution in [-0.4, -0.2) is 18.7 Å². The minimum atomic E-state index is -0.257. The maximum Gasteiger partial charge on any atom is 0.277 e. The molecular weight excluding hydrogens is 228 g/mol. The Morgan fingerprint density at radius 1 is 1.44 bits per heavy atom. The maximum absolute atomic E-state index is 11.4. The molecule has 18 heavy (non-hydrogen) atoms. The number of carbonyl (C=O) groups is 1. The molecule has 1 aromatic carbocycles. The Balaban J connectivity index is 2.45. The van der Waals surface area contributed by atoms with Crippen LogP contribution in [0.15, 0.2) is 23.3 Å². The van der Waals surface area contributed by atoms with E-state index in [-0.39, 0.29) is 12.5 Å². The number of ether oxygens (including phenoxy) is 1. The number of hydrogen-bond acceptors (Lipinski definition) is 3. The van der Waals surface area contributed by atoms with Crippen molar-refractivity contribution >= 4 is 12.1 Å². The zero-order chi connectivity index (χ0) is 13.5. The minimum Gasteiger partial charge on any atom is -0.483 e. The summed E-state index contributed by atoms with van der Waals surface area (Å²) in [6.45, 7) is 7.93. The Morgan fingerprint density at radius 2 is 2.17 bits per heavy atom. The van der Waals surface area contributed by atoms with Gasteiger partial charge in [0.05, 0.1) is 0 Å². The van der Waals surface area contributed by atoms with Gasteiger partial charge in [-0.3, -0.25) is 4.79 Å². The van der Waals surface area contributed by atoms with E-state index in [0.717, 1.165) is 16.9 Å². The fourth-order valence-electron chi connectivity index (χ4n) is 1.31. The molecule has 0 saturated heterocycles. The van der Waals surface area contributed by atoms with Gasteiger partial charge in [-0.2, -0.15) is 5.10 Å². The van der Waals surface area contributed by atoms with E-state index >= 15 is 0 Å². The first-order chi connectivity index (χ1) is 8.50. The number of benzene rings is 1. The number of hydrazone groups is 1. The lowest BCUT2D eigenvalue weighted by molar-refractivity contribution is -0.123. The average molecular weight is 248 g/mol. The van der Waals surface area contributed by atoms with Crippen LogP contribution in [0.2, 0.25) is 0 Å². The van der Waals surface area contributed by atoms with Crippen molar-refractivity contribution in [2.75, 3.05) is 6.61 Å². The first-order valence-electron chi connectivity index (χ1n) is 6.01. The Bertz CT molecular complexity index is 439. The third kappa shape index (κ3) is 4.57. The molecule has 1 amide bonds. The summed E-state index contributed by atoms with van der Waals surface area (Å²) in [7, 11) is 0. The molecule has 4 nitrogen and oxygen atoms in total. The van der Waals surface area contributed by atoms with Gasteiger partial charge in [0.2, 0.25) is 0 Å². The van der Waals surface area contributed by atoms with Crippen molar-refractivity contribution in [3.8, 4) is 5.75 Å². The monoisotopic (exact) mass is 248 g/mol. The molecule has 0 saturated carbocycles. The highest BCUT2D eigenvalue weighted by molar-refractivity contribution is 5.78. The summed E-state index contributed by atoms with van der Waals surface area (Å²) >= 11 is 0. The Labute approximate surface area is 108 Å². The SMILES string of the molecule is Cc1cccc(OCC(=O)N/N=C/C(C)C)c1C. The zero-order valence-corrected chi connectivity index (χ0v) is 11.4. The van der Waals surface area contributed by atoms with Gasteiger partial charge in [0.15, 0.2) is 6.61 Å². The molecule has 1 N–H and O–H groups in total. The van der Waals surface area contributed by atoms with Crippen molar-refractivity contribution in [2.45, 2.75) is 27.7 Å². The lowest BCUT2D eigenvalue weighted by Crippen LogP contribution is -2.25. The van der Waals surface area contributed by atoms with Crippen LogP contribution in [0.25, 0.3) is 0 Å². The molecule has 0 aliphatic carbocycles. The van der Waals surface area contributed by atoms with E-state index in [0.29, 0.717) is 5.92 Å². The van der Waals surface area contributed by atoms with E-state index in [1.807, 2.05) is 45.9 Å². The predicted molar refractivity (Wildman–Crippen MR) is 72.9 cm³/mol. The molecule has 0 radical (unpaired) electrons. The molecule has 1 rings (SSSR count). The van der Waals surface area contributed by atoms with Crippen molar-refractivity contribution in [3.05, 3.63) is 29.3 Å². The van der Waals surface area contributed by atoms with E-state index in [1.165, 1.54) is 0 Å². The van der Waals surface area contributed by atoms with Crippen LogP contribution in [0.5, 0.6) is 5.75 Å². The number of nitrogens with zero attached hydrogens (tertiary/aromatic N) is 1. The number of nitrogens with one attached hydrogen (secondary N) is 1. The molecule has 98 valence electrons. The number of rotatable bonds is 5. The molecule has 4 heteroatoms. The average Bonchev–Trinajstić information content (AvgIpc) is 2.30. The summed E-state index contributed by atoms with van der Waals surface area (Å²) in [6.07, 6.45) is 1.68. The summed E-state index contributed by atoms with van der Waals surface area (Å²) in [5.41, 5.74) is 4.62. The fraction of sp³-hybridized carbons (Fsp3) is 0.429. The van der Waals surface area contributed by atoms with Crippen LogP contribution in [0.1, 0.15) is 25.0 Å². The molecule has 0 heterocycles. The summed E-state index contributed by atoms with van der Waals surface area (Å²) in [5, 5.41) is 3.82. The van der Waals surface area contributed by atoms with Crippen LogP contribution >= 0.6 is 0 Å². The highest BCUT2D eigenvalue weighted by Gasteiger charge is 2.05. The number of carbonyl (C=O) groups excluding carboxylic acids is 1. The van der Waals surface area contributed by atoms with Gasteiger partial charge in [0, 0.05) is 6.21 Å². The first-order valence-corrected chi connectivity index (χ1v) is 6.01. The first kappa shape index (κ1) is 14.2. The quantitative estimate of drug-likeness (QED) is 0.642. The van der Waals surface area contributed by atoms with Gasteiger partial charge < -0.3 is 4.74 Å². The summed E-state index contributed by atoms with van der Waals surface area (Å²) in [6, 6.07) is 5.77. The van der Waals surface area contributed by atoms with Gasteiger partial charge in [-0.25, -0.2) is 5.43 Å². The molecule has 0 aromatic heterocycles. The zero-order valence-electron chi connectivity index (χ0n) is 11.4. The molecule has 0 aliphatic rings. The highest BCUT2D eigenvalue weighted by atomic mass is 16.5. The summed E-state index contributed by atoms with van der Waals surface area (Å²) < 4.78 is 5.45. The van der Waals surface area contributed by atoms with Crippen LogP contribution in [0.4, 0.5) is 0 Å². The Hall–Kier alpha value is -1.84. The predicted octanol–water partition coefficient (Wildman–Crippen LogP) is 2.44. The van der Waals surface area contributed by atoms with Crippen LogP contribution in [0, 0.1) is 19.8 Å².